The molecule has 0 spiro atoms. The standard InChI is InChI=1S/C12H15N3O3/c1-16-8-3-4-10(17-2)9(7-8)12-15-14-11(18-12)5-6-13/h3-4,7H,5-6,13H2,1-2H3. The molecule has 0 unspecified atom stereocenters. The molecule has 0 bridgehead atoms. The zero-order valence-corrected chi connectivity index (χ0v) is 10.3. The molecular weight excluding hydrogens is 234 g/mol. The predicted octanol–water partition coefficient (Wildman–Crippen LogP) is 1.25. The van der Waals surface area contributed by atoms with E-state index < -0.39 is 0 Å². The van der Waals surface area contributed by atoms with Gasteiger partial charge in [0.2, 0.25) is 5.89 Å². The summed E-state index contributed by atoms with van der Waals surface area (Å²) in [4.78, 5) is 0. The Hall–Kier alpha value is -2.08. The summed E-state index contributed by atoms with van der Waals surface area (Å²) in [5.74, 6) is 2.26. The van der Waals surface area contributed by atoms with Crippen molar-refractivity contribution in [3.63, 3.8) is 0 Å². The third-order valence-electron chi connectivity index (χ3n) is 2.46. The summed E-state index contributed by atoms with van der Waals surface area (Å²) in [6.45, 7) is 0.469. The molecule has 0 saturated heterocycles. The summed E-state index contributed by atoms with van der Waals surface area (Å²) in [7, 11) is 3.18. The second-order valence-electron chi connectivity index (χ2n) is 3.61. The quantitative estimate of drug-likeness (QED) is 0.858. The van der Waals surface area contributed by atoms with Crippen LogP contribution in [0.4, 0.5) is 0 Å². The fourth-order valence-corrected chi connectivity index (χ4v) is 1.57. The third-order valence-corrected chi connectivity index (χ3v) is 2.46. The molecular formula is C12H15N3O3. The van der Waals surface area contributed by atoms with Crippen LogP contribution in [0.1, 0.15) is 5.89 Å². The summed E-state index contributed by atoms with van der Waals surface area (Å²) in [5, 5.41) is 7.90. The Morgan fingerprint density at radius 2 is 2.06 bits per heavy atom. The van der Waals surface area contributed by atoms with Gasteiger partial charge in [-0.05, 0) is 18.2 Å². The molecule has 1 aromatic carbocycles. The van der Waals surface area contributed by atoms with E-state index in [2.05, 4.69) is 10.2 Å². The minimum Gasteiger partial charge on any atom is -0.497 e. The van der Waals surface area contributed by atoms with Gasteiger partial charge in [0.05, 0.1) is 19.8 Å². The highest BCUT2D eigenvalue weighted by Gasteiger charge is 2.14. The molecule has 2 rings (SSSR count). The Balaban J connectivity index is 2.40. The maximum Gasteiger partial charge on any atom is 0.251 e. The lowest BCUT2D eigenvalue weighted by molar-refractivity contribution is 0.402. The molecule has 0 aliphatic rings. The molecule has 18 heavy (non-hydrogen) atoms. The van der Waals surface area contributed by atoms with Crippen LogP contribution in [0.25, 0.3) is 11.5 Å². The topological polar surface area (TPSA) is 83.4 Å². The van der Waals surface area contributed by atoms with Gasteiger partial charge in [0.25, 0.3) is 5.89 Å². The Morgan fingerprint density at radius 3 is 2.72 bits per heavy atom. The van der Waals surface area contributed by atoms with E-state index in [-0.39, 0.29) is 0 Å². The lowest BCUT2D eigenvalue weighted by atomic mass is 10.2. The van der Waals surface area contributed by atoms with Gasteiger partial charge in [-0.1, -0.05) is 0 Å². The van der Waals surface area contributed by atoms with Crippen LogP contribution in [0.2, 0.25) is 0 Å². The number of hydrogen-bond acceptors (Lipinski definition) is 6. The maximum absolute atomic E-state index is 5.51. The van der Waals surface area contributed by atoms with Gasteiger partial charge in [0.15, 0.2) is 0 Å². The second kappa shape index (κ2) is 5.50. The lowest BCUT2D eigenvalue weighted by Gasteiger charge is -2.07. The zero-order chi connectivity index (χ0) is 13.0. The van der Waals surface area contributed by atoms with Gasteiger partial charge in [0.1, 0.15) is 11.5 Å². The minimum absolute atomic E-state index is 0.397. The summed E-state index contributed by atoms with van der Waals surface area (Å²) >= 11 is 0. The SMILES string of the molecule is COc1ccc(OC)c(-c2nnc(CCN)o2)c1. The number of benzene rings is 1. The van der Waals surface area contributed by atoms with Gasteiger partial charge in [-0.15, -0.1) is 10.2 Å². The van der Waals surface area contributed by atoms with Crippen molar-refractivity contribution in [3.05, 3.63) is 24.1 Å². The van der Waals surface area contributed by atoms with E-state index >= 15 is 0 Å². The smallest absolute Gasteiger partial charge is 0.251 e. The van der Waals surface area contributed by atoms with Crippen LogP contribution in [0.15, 0.2) is 22.6 Å². The molecule has 6 nitrogen and oxygen atoms in total. The van der Waals surface area contributed by atoms with Crippen LogP contribution >= 0.6 is 0 Å². The minimum atomic E-state index is 0.397. The van der Waals surface area contributed by atoms with Crippen molar-refractivity contribution in [2.45, 2.75) is 6.42 Å². The molecule has 2 aromatic rings. The Morgan fingerprint density at radius 1 is 1.22 bits per heavy atom. The molecule has 0 radical (unpaired) electrons. The van der Waals surface area contributed by atoms with E-state index in [1.54, 1.807) is 32.4 Å². The first-order chi connectivity index (χ1) is 8.78. The van der Waals surface area contributed by atoms with Gasteiger partial charge in [0, 0.05) is 13.0 Å². The molecule has 6 heteroatoms. The van der Waals surface area contributed by atoms with E-state index in [1.807, 2.05) is 0 Å². The molecule has 2 N–H and O–H groups in total. The molecule has 1 aromatic heterocycles. The average molecular weight is 249 g/mol. The first kappa shape index (κ1) is 12.4. The summed E-state index contributed by atoms with van der Waals surface area (Å²) in [6, 6.07) is 5.39. The van der Waals surface area contributed by atoms with Crippen molar-refractivity contribution in [2.75, 3.05) is 20.8 Å². The Bertz CT molecular complexity index is 525. The second-order valence-corrected chi connectivity index (χ2v) is 3.61. The van der Waals surface area contributed by atoms with Crippen LogP contribution < -0.4 is 15.2 Å². The van der Waals surface area contributed by atoms with Crippen molar-refractivity contribution in [1.82, 2.24) is 10.2 Å². The van der Waals surface area contributed by atoms with Crippen molar-refractivity contribution >= 4 is 0 Å². The number of nitrogens with two attached hydrogens (primary N) is 1. The molecule has 0 atom stereocenters. The summed E-state index contributed by atoms with van der Waals surface area (Å²) in [5.41, 5.74) is 6.14. The van der Waals surface area contributed by atoms with Crippen LogP contribution in [-0.2, 0) is 6.42 Å². The van der Waals surface area contributed by atoms with E-state index in [0.717, 1.165) is 0 Å². The van der Waals surface area contributed by atoms with E-state index in [9.17, 15) is 0 Å². The fraction of sp³-hybridized carbons (Fsp3) is 0.333. The largest absolute Gasteiger partial charge is 0.497 e. The van der Waals surface area contributed by atoms with Crippen LogP contribution in [-0.4, -0.2) is 31.0 Å². The highest BCUT2D eigenvalue weighted by molar-refractivity contribution is 5.64. The number of rotatable bonds is 5. The molecule has 0 aliphatic carbocycles. The van der Waals surface area contributed by atoms with Crippen molar-refractivity contribution in [1.29, 1.82) is 0 Å². The number of ether oxygens (including phenoxy) is 2. The predicted molar refractivity (Wildman–Crippen MR) is 65.6 cm³/mol. The Labute approximate surface area is 105 Å². The van der Waals surface area contributed by atoms with Gasteiger partial charge < -0.3 is 19.6 Å². The van der Waals surface area contributed by atoms with Crippen molar-refractivity contribution in [2.24, 2.45) is 5.73 Å². The van der Waals surface area contributed by atoms with Gasteiger partial charge in [-0.3, -0.25) is 0 Å². The number of nitrogens with zero attached hydrogens (tertiary/aromatic N) is 2. The Kier molecular flexibility index (Phi) is 3.78. The van der Waals surface area contributed by atoms with Gasteiger partial charge in [-0.25, -0.2) is 0 Å². The highest BCUT2D eigenvalue weighted by Crippen LogP contribution is 2.32. The number of hydrogen-bond donors (Lipinski definition) is 1. The van der Waals surface area contributed by atoms with Crippen LogP contribution in [0.3, 0.4) is 0 Å². The molecule has 1 heterocycles. The molecule has 0 aliphatic heterocycles. The normalized spacial score (nSPS) is 10.4. The average Bonchev–Trinajstić information content (AvgIpc) is 2.87. The monoisotopic (exact) mass is 249 g/mol. The zero-order valence-electron chi connectivity index (χ0n) is 10.3. The third kappa shape index (κ3) is 2.43. The van der Waals surface area contributed by atoms with Crippen molar-refractivity contribution in [3.8, 4) is 23.0 Å². The van der Waals surface area contributed by atoms with Crippen LogP contribution in [0.5, 0.6) is 11.5 Å². The van der Waals surface area contributed by atoms with E-state index in [0.29, 0.717) is 41.8 Å². The first-order valence-electron chi connectivity index (χ1n) is 5.53. The lowest BCUT2D eigenvalue weighted by Crippen LogP contribution is -2.02. The molecule has 96 valence electrons. The molecule has 0 amide bonds. The summed E-state index contributed by atoms with van der Waals surface area (Å²) < 4.78 is 15.9. The van der Waals surface area contributed by atoms with Gasteiger partial charge in [-0.2, -0.15) is 0 Å². The van der Waals surface area contributed by atoms with Crippen molar-refractivity contribution < 1.29 is 13.9 Å². The molecule has 0 saturated carbocycles. The van der Waals surface area contributed by atoms with E-state index in [4.69, 9.17) is 19.6 Å². The highest BCUT2D eigenvalue weighted by atomic mass is 16.5. The summed E-state index contributed by atoms with van der Waals surface area (Å²) in [6.07, 6.45) is 0.555. The van der Waals surface area contributed by atoms with Gasteiger partial charge >= 0.3 is 0 Å². The maximum atomic E-state index is 5.51. The first-order valence-corrected chi connectivity index (χ1v) is 5.53. The number of methoxy groups -OCH3 is 2. The molecule has 0 fully saturated rings. The van der Waals surface area contributed by atoms with Crippen LogP contribution in [0, 0.1) is 0 Å². The number of aromatic nitrogens is 2. The van der Waals surface area contributed by atoms with E-state index in [1.165, 1.54) is 0 Å². The fourth-order valence-electron chi connectivity index (χ4n) is 1.57.